The molecule has 1 saturated carbocycles. The summed E-state index contributed by atoms with van der Waals surface area (Å²) in [5, 5.41) is 0. The van der Waals surface area contributed by atoms with Crippen LogP contribution in [0.3, 0.4) is 0 Å². The second kappa shape index (κ2) is 2.79. The molecule has 0 N–H and O–H groups in total. The van der Waals surface area contributed by atoms with E-state index in [4.69, 9.17) is 22.2 Å². The van der Waals surface area contributed by atoms with Crippen LogP contribution in [0.25, 0.3) is 0 Å². The number of fused-ring (bicyclic) bond motifs is 2. The van der Waals surface area contributed by atoms with Crippen LogP contribution in [0.4, 0.5) is 0 Å². The van der Waals surface area contributed by atoms with Crippen molar-refractivity contribution in [3.8, 4) is 0 Å². The lowest BCUT2D eigenvalue weighted by Crippen LogP contribution is -2.15. The normalized spacial score (nSPS) is 40.8. The molecule has 0 spiro atoms. The average Bonchev–Trinajstić information content (AvgIpc) is 2.43. The Morgan fingerprint density at radius 2 is 2.36 bits per heavy atom. The highest BCUT2D eigenvalue weighted by atomic mass is 35.7. The second-order valence-corrected chi connectivity index (χ2v) is 8.84. The standard InChI is InChI=1S/C8H12Cl2Si/c9-11(10)6-8-3-1-7(5-8)2-4-8/h1,3,7,11H,2,4-6H2. The quantitative estimate of drug-likeness (QED) is 0.371. The van der Waals surface area contributed by atoms with Crippen molar-refractivity contribution in [3.63, 3.8) is 0 Å². The van der Waals surface area contributed by atoms with E-state index in [2.05, 4.69) is 12.2 Å². The highest BCUT2D eigenvalue weighted by Gasteiger charge is 2.41. The molecule has 2 bridgehead atoms. The predicted octanol–water partition coefficient (Wildman–Crippen LogP) is 3.04. The van der Waals surface area contributed by atoms with Gasteiger partial charge < -0.3 is 0 Å². The monoisotopic (exact) mass is 206 g/mol. The van der Waals surface area contributed by atoms with E-state index in [0.717, 1.165) is 12.0 Å². The van der Waals surface area contributed by atoms with E-state index < -0.39 is 7.42 Å². The van der Waals surface area contributed by atoms with Crippen molar-refractivity contribution < 1.29 is 0 Å². The molecule has 2 rings (SSSR count). The first kappa shape index (κ1) is 8.15. The third-order valence-corrected chi connectivity index (χ3v) is 5.01. The third-order valence-electron chi connectivity index (χ3n) is 2.96. The number of allylic oxidation sites excluding steroid dienone is 2. The van der Waals surface area contributed by atoms with Gasteiger partial charge in [0.25, 0.3) is 0 Å². The summed E-state index contributed by atoms with van der Waals surface area (Å²) >= 11 is 11.8. The van der Waals surface area contributed by atoms with Crippen LogP contribution in [0.5, 0.6) is 0 Å². The molecule has 11 heavy (non-hydrogen) atoms. The van der Waals surface area contributed by atoms with Gasteiger partial charge in [-0.25, -0.2) is 0 Å². The van der Waals surface area contributed by atoms with Crippen LogP contribution in [0.15, 0.2) is 12.2 Å². The van der Waals surface area contributed by atoms with Gasteiger partial charge in [0, 0.05) is 0 Å². The molecule has 0 heterocycles. The zero-order valence-corrected chi connectivity index (χ0v) is 9.06. The maximum atomic E-state index is 5.92. The molecule has 1 fully saturated rings. The van der Waals surface area contributed by atoms with Crippen LogP contribution >= 0.6 is 22.2 Å². The molecule has 3 heteroatoms. The Labute approximate surface area is 78.6 Å². The Morgan fingerprint density at radius 3 is 2.73 bits per heavy atom. The molecule has 62 valence electrons. The topological polar surface area (TPSA) is 0 Å². The van der Waals surface area contributed by atoms with Crippen LogP contribution in [0.2, 0.25) is 6.04 Å². The second-order valence-electron chi connectivity index (χ2n) is 3.82. The Morgan fingerprint density at radius 1 is 1.55 bits per heavy atom. The van der Waals surface area contributed by atoms with Crippen molar-refractivity contribution in [2.24, 2.45) is 11.3 Å². The molecule has 0 aliphatic heterocycles. The minimum atomic E-state index is -1.39. The van der Waals surface area contributed by atoms with Crippen molar-refractivity contribution in [2.75, 3.05) is 0 Å². The summed E-state index contributed by atoms with van der Waals surface area (Å²) in [5.41, 5.74) is 0.449. The number of halogens is 2. The summed E-state index contributed by atoms with van der Waals surface area (Å²) in [7, 11) is -1.39. The van der Waals surface area contributed by atoms with E-state index in [9.17, 15) is 0 Å². The molecule has 0 nitrogen and oxygen atoms in total. The SMILES string of the molecule is Cl[SiH](Cl)CC12C=CC(CC1)C2. The van der Waals surface area contributed by atoms with E-state index >= 15 is 0 Å². The van der Waals surface area contributed by atoms with E-state index in [-0.39, 0.29) is 0 Å². The van der Waals surface area contributed by atoms with Gasteiger partial charge in [-0.1, -0.05) is 12.2 Å². The Balaban J connectivity index is 2.06. The van der Waals surface area contributed by atoms with Gasteiger partial charge in [0.2, 0.25) is 7.42 Å². The Hall–Kier alpha value is 0.537. The lowest BCUT2D eigenvalue weighted by molar-refractivity contribution is 0.453. The zero-order valence-electron chi connectivity index (χ0n) is 6.39. The first-order valence-electron chi connectivity index (χ1n) is 4.18. The fraction of sp³-hybridized carbons (Fsp3) is 0.750. The molecule has 0 amide bonds. The molecular weight excluding hydrogens is 195 g/mol. The fourth-order valence-corrected chi connectivity index (χ4v) is 5.38. The minimum absolute atomic E-state index is 0.449. The van der Waals surface area contributed by atoms with E-state index in [1.807, 2.05) is 0 Å². The summed E-state index contributed by atoms with van der Waals surface area (Å²) in [6, 6.07) is 1.09. The summed E-state index contributed by atoms with van der Waals surface area (Å²) in [5.74, 6) is 0.857. The average molecular weight is 207 g/mol. The van der Waals surface area contributed by atoms with Gasteiger partial charge in [-0.05, 0) is 36.6 Å². The first-order valence-corrected chi connectivity index (χ1v) is 8.49. The summed E-state index contributed by atoms with van der Waals surface area (Å²) in [6.45, 7) is 0. The molecular formula is C8H12Cl2Si. The number of rotatable bonds is 2. The number of hydrogen-bond acceptors (Lipinski definition) is 0. The molecule has 0 aromatic carbocycles. The van der Waals surface area contributed by atoms with Gasteiger partial charge in [-0.3, -0.25) is 0 Å². The highest BCUT2D eigenvalue weighted by molar-refractivity contribution is 7.33. The van der Waals surface area contributed by atoms with Gasteiger partial charge in [-0.2, -0.15) is 22.2 Å². The molecule has 2 aliphatic rings. The molecule has 2 aliphatic carbocycles. The molecule has 0 saturated heterocycles. The van der Waals surface area contributed by atoms with Crippen LogP contribution in [-0.2, 0) is 0 Å². The van der Waals surface area contributed by atoms with E-state index in [1.54, 1.807) is 0 Å². The van der Waals surface area contributed by atoms with Gasteiger partial charge in [0.1, 0.15) is 0 Å². The summed E-state index contributed by atoms with van der Waals surface area (Å²) in [4.78, 5) is 0. The van der Waals surface area contributed by atoms with E-state index in [1.165, 1.54) is 19.3 Å². The van der Waals surface area contributed by atoms with E-state index in [0.29, 0.717) is 5.41 Å². The van der Waals surface area contributed by atoms with Crippen LogP contribution < -0.4 is 0 Å². The van der Waals surface area contributed by atoms with Gasteiger partial charge in [0.05, 0.1) is 0 Å². The molecule has 2 unspecified atom stereocenters. The molecule has 0 radical (unpaired) electrons. The summed E-state index contributed by atoms with van der Waals surface area (Å²) in [6.07, 6.45) is 8.75. The predicted molar refractivity (Wildman–Crippen MR) is 52.6 cm³/mol. The molecule has 0 aromatic heterocycles. The minimum Gasteiger partial charge on any atom is -0.150 e. The van der Waals surface area contributed by atoms with Gasteiger partial charge in [0.15, 0.2) is 0 Å². The Bertz CT molecular complexity index is 191. The van der Waals surface area contributed by atoms with Crippen molar-refractivity contribution in [2.45, 2.75) is 25.3 Å². The van der Waals surface area contributed by atoms with Crippen LogP contribution in [-0.4, -0.2) is 7.42 Å². The van der Waals surface area contributed by atoms with Crippen molar-refractivity contribution in [3.05, 3.63) is 12.2 Å². The van der Waals surface area contributed by atoms with Crippen LogP contribution in [0, 0.1) is 11.3 Å². The maximum absolute atomic E-state index is 5.92. The van der Waals surface area contributed by atoms with Gasteiger partial charge >= 0.3 is 0 Å². The smallest absolute Gasteiger partial charge is 0.150 e. The highest BCUT2D eigenvalue weighted by Crippen LogP contribution is 2.52. The lowest BCUT2D eigenvalue weighted by Gasteiger charge is -2.22. The van der Waals surface area contributed by atoms with Gasteiger partial charge in [-0.15, -0.1) is 0 Å². The van der Waals surface area contributed by atoms with Crippen molar-refractivity contribution in [1.29, 1.82) is 0 Å². The lowest BCUT2D eigenvalue weighted by atomic mass is 9.90. The molecule has 2 atom stereocenters. The molecule has 0 aromatic rings. The number of hydrogen-bond donors (Lipinski definition) is 0. The largest absolute Gasteiger partial charge is 0.237 e. The summed E-state index contributed by atoms with van der Waals surface area (Å²) < 4.78 is 0. The zero-order chi connectivity index (χ0) is 7.90. The maximum Gasteiger partial charge on any atom is 0.237 e. The van der Waals surface area contributed by atoms with Crippen molar-refractivity contribution >= 4 is 29.6 Å². The Kier molecular flexibility index (Phi) is 2.07. The van der Waals surface area contributed by atoms with Crippen LogP contribution in [0.1, 0.15) is 19.3 Å². The van der Waals surface area contributed by atoms with Crippen molar-refractivity contribution in [1.82, 2.24) is 0 Å². The third kappa shape index (κ3) is 1.51. The fourth-order valence-electron chi connectivity index (χ4n) is 2.42. The first-order chi connectivity index (χ1) is 5.20.